The highest BCUT2D eigenvalue weighted by Gasteiger charge is 2.40. The van der Waals surface area contributed by atoms with Crippen molar-refractivity contribution in [1.29, 1.82) is 0 Å². The second kappa shape index (κ2) is 7.87. The molecule has 0 spiro atoms. The van der Waals surface area contributed by atoms with Gasteiger partial charge in [0.15, 0.2) is 10.0 Å². The number of benzene rings is 1. The molecule has 2 aromatic rings. The number of nitrogens with zero attached hydrogens (tertiary/aromatic N) is 1. The zero-order valence-electron chi connectivity index (χ0n) is 13.1. The first-order chi connectivity index (χ1) is 12.0. The van der Waals surface area contributed by atoms with E-state index in [0.29, 0.717) is 16.9 Å². The van der Waals surface area contributed by atoms with E-state index in [1.54, 1.807) is 0 Å². The summed E-state index contributed by atoms with van der Waals surface area (Å²) in [7, 11) is 0. The molecule has 142 valence electrons. The summed E-state index contributed by atoms with van der Waals surface area (Å²) in [6.45, 7) is 1.38. The lowest BCUT2D eigenvalue weighted by molar-refractivity contribution is -0.141. The van der Waals surface area contributed by atoms with Crippen LogP contribution in [0.1, 0.15) is 33.4 Å². The summed E-state index contributed by atoms with van der Waals surface area (Å²) in [5, 5.41) is 0. The van der Waals surface area contributed by atoms with Crippen molar-refractivity contribution < 1.29 is 35.9 Å². The maximum atomic E-state index is 13.0. The van der Waals surface area contributed by atoms with E-state index < -0.39 is 34.5 Å². The highest BCUT2D eigenvalue weighted by atomic mass is 32.2. The lowest BCUT2D eigenvalue weighted by atomic mass is 10.1. The number of rotatable bonds is 5. The number of halogens is 6. The Bertz CT molecular complexity index is 768. The molecule has 1 heterocycles. The molecular formula is C15H11F6NO2S2. The van der Waals surface area contributed by atoms with Crippen LogP contribution in [0.5, 0.6) is 0 Å². The molecule has 0 saturated carbocycles. The molecule has 0 aliphatic heterocycles. The molecule has 0 radical (unpaired) electrons. The van der Waals surface area contributed by atoms with Gasteiger partial charge in [-0.3, -0.25) is 0 Å². The number of thiazole rings is 1. The molecule has 0 unspecified atom stereocenters. The van der Waals surface area contributed by atoms with E-state index in [2.05, 4.69) is 9.72 Å². The second-order valence-electron chi connectivity index (χ2n) is 4.86. The molecule has 26 heavy (non-hydrogen) atoms. The van der Waals surface area contributed by atoms with Crippen molar-refractivity contribution >= 4 is 29.1 Å². The van der Waals surface area contributed by atoms with Crippen LogP contribution in [0.25, 0.3) is 0 Å². The highest BCUT2D eigenvalue weighted by Crippen LogP contribution is 2.38. The van der Waals surface area contributed by atoms with Gasteiger partial charge in [0.2, 0.25) is 0 Å². The summed E-state index contributed by atoms with van der Waals surface area (Å²) >= 11 is 1.43. The van der Waals surface area contributed by atoms with Crippen LogP contribution in [0.15, 0.2) is 28.6 Å². The minimum absolute atomic E-state index is 0.0275. The van der Waals surface area contributed by atoms with E-state index >= 15 is 0 Å². The Balaban J connectivity index is 2.16. The van der Waals surface area contributed by atoms with Crippen molar-refractivity contribution in [3.05, 3.63) is 46.0 Å². The van der Waals surface area contributed by atoms with Gasteiger partial charge in [-0.1, -0.05) is 23.9 Å². The monoisotopic (exact) mass is 415 g/mol. The molecule has 0 aliphatic rings. The molecule has 0 bridgehead atoms. The van der Waals surface area contributed by atoms with E-state index in [4.69, 9.17) is 0 Å². The zero-order valence-corrected chi connectivity index (χ0v) is 14.7. The van der Waals surface area contributed by atoms with Gasteiger partial charge in [0.25, 0.3) is 0 Å². The normalized spacial score (nSPS) is 12.3. The van der Waals surface area contributed by atoms with Gasteiger partial charge < -0.3 is 4.74 Å². The van der Waals surface area contributed by atoms with Crippen molar-refractivity contribution in [2.45, 2.75) is 29.4 Å². The number of carbonyl (C=O) groups excluding carboxylic acids is 1. The SMILES string of the molecule is CCOC(=O)c1sc(SCc2ccc(C(F)(F)F)cc2)nc1C(F)(F)F. The Morgan fingerprint density at radius 3 is 2.23 bits per heavy atom. The molecular weight excluding hydrogens is 404 g/mol. The molecule has 0 saturated heterocycles. The minimum Gasteiger partial charge on any atom is -0.462 e. The van der Waals surface area contributed by atoms with Crippen LogP contribution >= 0.6 is 23.1 Å². The molecule has 0 N–H and O–H groups in total. The number of thioether (sulfide) groups is 1. The quantitative estimate of drug-likeness (QED) is 0.359. The molecule has 0 fully saturated rings. The number of esters is 1. The van der Waals surface area contributed by atoms with Gasteiger partial charge in [0.1, 0.15) is 4.88 Å². The van der Waals surface area contributed by atoms with Crippen LogP contribution in [0.2, 0.25) is 0 Å². The Morgan fingerprint density at radius 1 is 1.12 bits per heavy atom. The van der Waals surface area contributed by atoms with Crippen molar-refractivity contribution in [1.82, 2.24) is 4.98 Å². The Hall–Kier alpha value is -1.75. The molecule has 0 aliphatic carbocycles. The average Bonchev–Trinajstić information content (AvgIpc) is 2.97. The maximum absolute atomic E-state index is 13.0. The van der Waals surface area contributed by atoms with Crippen LogP contribution in [0, 0.1) is 0 Å². The van der Waals surface area contributed by atoms with Crippen LogP contribution in [-0.2, 0) is 22.8 Å². The van der Waals surface area contributed by atoms with Crippen molar-refractivity contribution in [3.8, 4) is 0 Å². The summed E-state index contributed by atoms with van der Waals surface area (Å²) in [6, 6.07) is 4.26. The minimum atomic E-state index is -4.81. The van der Waals surface area contributed by atoms with Crippen molar-refractivity contribution in [2.24, 2.45) is 0 Å². The van der Waals surface area contributed by atoms with Gasteiger partial charge in [-0.15, -0.1) is 11.3 Å². The first kappa shape index (κ1) is 20.6. The molecule has 11 heteroatoms. The highest BCUT2D eigenvalue weighted by molar-refractivity contribution is 8.00. The molecule has 0 amide bonds. The van der Waals surface area contributed by atoms with Crippen LogP contribution in [-0.4, -0.2) is 17.6 Å². The third-order valence-corrected chi connectivity index (χ3v) is 5.23. The number of carbonyl (C=O) groups is 1. The van der Waals surface area contributed by atoms with E-state index in [0.717, 1.165) is 23.9 Å². The lowest BCUT2D eigenvalue weighted by Crippen LogP contribution is -2.13. The molecule has 3 nitrogen and oxygen atoms in total. The summed E-state index contributed by atoms with van der Waals surface area (Å²) in [5.74, 6) is -1.01. The largest absolute Gasteiger partial charge is 0.462 e. The Labute approximate surface area is 152 Å². The van der Waals surface area contributed by atoms with E-state index in [1.165, 1.54) is 19.1 Å². The average molecular weight is 415 g/mol. The first-order valence-electron chi connectivity index (χ1n) is 7.06. The fraction of sp³-hybridized carbons (Fsp3) is 0.333. The topological polar surface area (TPSA) is 39.2 Å². The van der Waals surface area contributed by atoms with Crippen LogP contribution in [0.3, 0.4) is 0 Å². The van der Waals surface area contributed by atoms with Gasteiger partial charge in [-0.25, -0.2) is 9.78 Å². The standard InChI is InChI=1S/C15H11F6NO2S2/c1-2-24-12(23)10-11(15(19,20)21)22-13(26-10)25-7-8-3-5-9(6-4-8)14(16,17)18/h3-6H,2,7H2,1H3. The van der Waals surface area contributed by atoms with Crippen LogP contribution in [0.4, 0.5) is 26.3 Å². The van der Waals surface area contributed by atoms with Gasteiger partial charge in [0.05, 0.1) is 12.2 Å². The van der Waals surface area contributed by atoms with E-state index in [1.807, 2.05) is 0 Å². The molecule has 2 rings (SSSR count). The third kappa shape index (κ3) is 5.13. The van der Waals surface area contributed by atoms with Crippen LogP contribution < -0.4 is 0 Å². The second-order valence-corrected chi connectivity index (χ2v) is 7.08. The summed E-state index contributed by atoms with van der Waals surface area (Å²) in [4.78, 5) is 14.5. The van der Waals surface area contributed by atoms with Gasteiger partial charge in [-0.05, 0) is 24.6 Å². The number of hydrogen-bond acceptors (Lipinski definition) is 5. The van der Waals surface area contributed by atoms with Gasteiger partial charge in [0, 0.05) is 5.75 Å². The smallest absolute Gasteiger partial charge is 0.435 e. The van der Waals surface area contributed by atoms with Crippen molar-refractivity contribution in [2.75, 3.05) is 6.61 Å². The van der Waals surface area contributed by atoms with Crippen molar-refractivity contribution in [3.63, 3.8) is 0 Å². The predicted octanol–water partition coefficient (Wildman–Crippen LogP) is 5.65. The number of alkyl halides is 6. The number of aromatic nitrogens is 1. The Kier molecular flexibility index (Phi) is 6.22. The Morgan fingerprint density at radius 2 is 1.73 bits per heavy atom. The van der Waals surface area contributed by atoms with E-state index in [-0.39, 0.29) is 16.7 Å². The molecule has 1 aromatic carbocycles. The molecule has 1 aromatic heterocycles. The third-order valence-electron chi connectivity index (χ3n) is 2.98. The lowest BCUT2D eigenvalue weighted by Gasteiger charge is -2.07. The predicted molar refractivity (Wildman–Crippen MR) is 84.1 cm³/mol. The van der Waals surface area contributed by atoms with E-state index in [9.17, 15) is 31.1 Å². The zero-order chi connectivity index (χ0) is 19.5. The summed E-state index contributed by atoms with van der Waals surface area (Å²) < 4.78 is 81.1. The summed E-state index contributed by atoms with van der Waals surface area (Å²) in [6.07, 6.45) is -9.27. The van der Waals surface area contributed by atoms with Gasteiger partial charge in [-0.2, -0.15) is 26.3 Å². The first-order valence-corrected chi connectivity index (χ1v) is 8.86. The molecule has 0 atom stereocenters. The fourth-order valence-electron chi connectivity index (χ4n) is 1.82. The maximum Gasteiger partial charge on any atom is 0.435 e. The van der Waals surface area contributed by atoms with Gasteiger partial charge >= 0.3 is 18.3 Å². The number of hydrogen-bond donors (Lipinski definition) is 0. The summed E-state index contributed by atoms with van der Waals surface area (Å²) in [5.41, 5.74) is -1.66. The number of ether oxygens (including phenoxy) is 1. The fourth-order valence-corrected chi connectivity index (χ4v) is 3.84.